The third-order valence-electron chi connectivity index (χ3n) is 5.77. The molecule has 5 heteroatoms. The fourth-order valence-electron chi connectivity index (χ4n) is 4.10. The van der Waals surface area contributed by atoms with E-state index >= 15 is 0 Å². The molecule has 0 aromatic heterocycles. The number of carbonyl (C=O) groups is 2. The van der Waals surface area contributed by atoms with Gasteiger partial charge in [-0.15, -0.1) is 0 Å². The molecule has 1 aromatic carbocycles. The fraction of sp³-hybridized carbons (Fsp3) is 0.579. The van der Waals surface area contributed by atoms with Crippen molar-refractivity contribution in [2.75, 3.05) is 0 Å². The minimum Gasteiger partial charge on any atom is -0.481 e. The van der Waals surface area contributed by atoms with Gasteiger partial charge in [-0.25, -0.2) is 0 Å². The van der Waals surface area contributed by atoms with Crippen LogP contribution in [0, 0.1) is 11.8 Å². The van der Waals surface area contributed by atoms with E-state index in [1.165, 1.54) is 31.2 Å². The van der Waals surface area contributed by atoms with Crippen molar-refractivity contribution in [3.8, 4) is 0 Å². The van der Waals surface area contributed by atoms with Gasteiger partial charge >= 0.3 is 11.9 Å². The van der Waals surface area contributed by atoms with Crippen molar-refractivity contribution >= 4 is 11.9 Å². The predicted octanol–water partition coefficient (Wildman–Crippen LogP) is 2.78. The quantitative estimate of drug-likeness (QED) is 0.713. The molecular weight excluding hydrogens is 306 g/mol. The van der Waals surface area contributed by atoms with Crippen molar-refractivity contribution in [2.24, 2.45) is 17.6 Å². The van der Waals surface area contributed by atoms with E-state index in [4.69, 9.17) is 10.8 Å². The van der Waals surface area contributed by atoms with E-state index in [0.717, 1.165) is 5.56 Å². The Morgan fingerprint density at radius 3 is 2.50 bits per heavy atom. The lowest BCUT2D eigenvalue weighted by atomic mass is 9.85. The molecule has 1 aromatic rings. The second-order valence-corrected chi connectivity index (χ2v) is 7.36. The lowest BCUT2D eigenvalue weighted by molar-refractivity contribution is -0.145. The summed E-state index contributed by atoms with van der Waals surface area (Å²) in [5, 5.41) is 18.6. The van der Waals surface area contributed by atoms with Gasteiger partial charge in [0, 0.05) is 5.92 Å². The fourth-order valence-corrected chi connectivity index (χ4v) is 4.10. The summed E-state index contributed by atoms with van der Waals surface area (Å²) in [4.78, 5) is 22.7. The van der Waals surface area contributed by atoms with Gasteiger partial charge in [-0.3, -0.25) is 9.59 Å². The molecule has 0 radical (unpaired) electrons. The van der Waals surface area contributed by atoms with Gasteiger partial charge in [0.2, 0.25) is 0 Å². The zero-order valence-corrected chi connectivity index (χ0v) is 13.8. The van der Waals surface area contributed by atoms with Crippen molar-refractivity contribution in [1.29, 1.82) is 0 Å². The summed E-state index contributed by atoms with van der Waals surface area (Å²) in [6.45, 7) is 0. The number of aryl methyl sites for hydroxylation is 1. The summed E-state index contributed by atoms with van der Waals surface area (Å²) < 4.78 is 0. The first-order valence-electron chi connectivity index (χ1n) is 8.75. The van der Waals surface area contributed by atoms with E-state index in [-0.39, 0.29) is 6.42 Å². The molecule has 24 heavy (non-hydrogen) atoms. The van der Waals surface area contributed by atoms with Crippen LogP contribution < -0.4 is 5.73 Å². The van der Waals surface area contributed by atoms with E-state index in [1.54, 1.807) is 0 Å². The molecule has 3 rings (SSSR count). The highest BCUT2D eigenvalue weighted by atomic mass is 16.4. The van der Waals surface area contributed by atoms with Crippen molar-refractivity contribution < 1.29 is 19.8 Å². The molecule has 2 fully saturated rings. The van der Waals surface area contributed by atoms with Crippen molar-refractivity contribution in [1.82, 2.24) is 0 Å². The number of carboxylic acids is 2. The van der Waals surface area contributed by atoms with Gasteiger partial charge in [0.25, 0.3) is 0 Å². The first-order chi connectivity index (χ1) is 11.4. The van der Waals surface area contributed by atoms with Crippen LogP contribution in [0.15, 0.2) is 24.3 Å². The maximum atomic E-state index is 11.7. The molecule has 4 N–H and O–H groups in total. The molecule has 1 unspecified atom stereocenters. The smallest absolute Gasteiger partial charge is 0.324 e. The van der Waals surface area contributed by atoms with Gasteiger partial charge in [0.15, 0.2) is 0 Å². The number of aliphatic carboxylic acids is 2. The zero-order valence-electron chi connectivity index (χ0n) is 13.8. The Morgan fingerprint density at radius 1 is 1.21 bits per heavy atom. The Labute approximate surface area is 141 Å². The van der Waals surface area contributed by atoms with E-state index in [0.29, 0.717) is 18.8 Å². The Kier molecular flexibility index (Phi) is 4.63. The Morgan fingerprint density at radius 2 is 1.92 bits per heavy atom. The first-order valence-corrected chi connectivity index (χ1v) is 8.75. The minimum atomic E-state index is -1.45. The maximum absolute atomic E-state index is 11.7. The predicted molar refractivity (Wildman–Crippen MR) is 89.8 cm³/mol. The molecule has 5 nitrogen and oxygen atoms in total. The highest BCUT2D eigenvalue weighted by molar-refractivity contribution is 5.83. The van der Waals surface area contributed by atoms with Crippen LogP contribution >= 0.6 is 0 Å². The molecule has 0 heterocycles. The Hall–Kier alpha value is -1.88. The number of hydrogen-bond acceptors (Lipinski definition) is 3. The summed E-state index contributed by atoms with van der Waals surface area (Å²) >= 11 is 0. The normalized spacial score (nSPS) is 26.0. The molecule has 2 aliphatic rings. The van der Waals surface area contributed by atoms with Crippen LogP contribution in [0.4, 0.5) is 0 Å². The molecule has 2 aliphatic carbocycles. The zero-order chi connectivity index (χ0) is 17.3. The lowest BCUT2D eigenvalue weighted by Crippen LogP contribution is -2.51. The summed E-state index contributed by atoms with van der Waals surface area (Å²) in [5.74, 6) is -2.50. The highest BCUT2D eigenvalue weighted by Crippen LogP contribution is 2.47. The first kappa shape index (κ1) is 17.0. The third-order valence-corrected chi connectivity index (χ3v) is 5.77. The summed E-state index contributed by atoms with van der Waals surface area (Å²) in [6, 6.07) is 8.34. The summed E-state index contributed by atoms with van der Waals surface area (Å²) in [6.07, 6.45) is 6.19. The standard InChI is InChI=1S/C19H25NO4/c20-19(18(23)24,16-11-15(16)17(21)22)9-8-12-4-3-7-14(10-12)13-5-1-2-6-13/h3-4,7,10,13,15-16H,1-2,5-6,8-9,11,20H2,(H,21,22)(H,23,24)/t15-,16-,19?/m0/s1. The summed E-state index contributed by atoms with van der Waals surface area (Å²) in [7, 11) is 0. The molecule has 130 valence electrons. The van der Waals surface area contributed by atoms with Crippen molar-refractivity contribution in [3.05, 3.63) is 35.4 Å². The average Bonchev–Trinajstić information content (AvgIpc) is 3.20. The number of hydrogen-bond donors (Lipinski definition) is 3. The van der Waals surface area contributed by atoms with Crippen molar-refractivity contribution in [2.45, 2.75) is 56.4 Å². The number of nitrogens with two attached hydrogens (primary N) is 1. The molecule has 0 spiro atoms. The van der Waals surface area contributed by atoms with Gasteiger partial charge in [-0.05, 0) is 49.1 Å². The number of carboxylic acid groups (broad SMARTS) is 2. The molecular formula is C19H25NO4. The number of rotatable bonds is 7. The van der Waals surface area contributed by atoms with Crippen molar-refractivity contribution in [3.63, 3.8) is 0 Å². The van der Waals surface area contributed by atoms with Crippen LogP contribution in [0.5, 0.6) is 0 Å². The Balaban J connectivity index is 1.68. The monoisotopic (exact) mass is 331 g/mol. The van der Waals surface area contributed by atoms with Crippen LogP contribution in [0.3, 0.4) is 0 Å². The second kappa shape index (κ2) is 6.55. The van der Waals surface area contributed by atoms with Crippen LogP contribution in [-0.4, -0.2) is 27.7 Å². The third kappa shape index (κ3) is 3.31. The van der Waals surface area contributed by atoms with Crippen LogP contribution in [0.1, 0.15) is 55.6 Å². The van der Waals surface area contributed by atoms with E-state index in [9.17, 15) is 14.7 Å². The number of benzene rings is 1. The molecule has 2 saturated carbocycles. The van der Waals surface area contributed by atoms with Gasteiger partial charge < -0.3 is 15.9 Å². The molecule has 3 atom stereocenters. The van der Waals surface area contributed by atoms with E-state index < -0.39 is 29.3 Å². The van der Waals surface area contributed by atoms with Crippen LogP contribution in [0.25, 0.3) is 0 Å². The van der Waals surface area contributed by atoms with E-state index in [1.807, 2.05) is 12.1 Å². The van der Waals surface area contributed by atoms with Gasteiger partial charge in [0.05, 0.1) is 5.92 Å². The van der Waals surface area contributed by atoms with E-state index in [2.05, 4.69) is 12.1 Å². The topological polar surface area (TPSA) is 101 Å². The second-order valence-electron chi connectivity index (χ2n) is 7.36. The average molecular weight is 331 g/mol. The van der Waals surface area contributed by atoms with Gasteiger partial charge in [-0.1, -0.05) is 37.1 Å². The molecule has 0 bridgehead atoms. The highest BCUT2D eigenvalue weighted by Gasteiger charge is 2.57. The SMILES string of the molecule is NC(CCc1cccc(C2CCCC2)c1)(C(=O)O)[C@H]1C[C@@H]1C(=O)O. The van der Waals surface area contributed by atoms with Gasteiger partial charge in [0.1, 0.15) is 5.54 Å². The Bertz CT molecular complexity index is 638. The molecule has 0 amide bonds. The van der Waals surface area contributed by atoms with Gasteiger partial charge in [-0.2, -0.15) is 0 Å². The minimum absolute atomic E-state index is 0.269. The largest absolute Gasteiger partial charge is 0.481 e. The summed E-state index contributed by atoms with van der Waals surface area (Å²) in [5.41, 5.74) is 7.08. The molecule has 0 saturated heterocycles. The molecule has 0 aliphatic heterocycles. The maximum Gasteiger partial charge on any atom is 0.324 e. The van der Waals surface area contributed by atoms with Crippen LogP contribution in [-0.2, 0) is 16.0 Å². The van der Waals surface area contributed by atoms with Crippen LogP contribution in [0.2, 0.25) is 0 Å². The lowest BCUT2D eigenvalue weighted by Gasteiger charge is -2.25.